The van der Waals surface area contributed by atoms with Crippen molar-refractivity contribution in [3.63, 3.8) is 0 Å². The van der Waals surface area contributed by atoms with Crippen LogP contribution in [0.5, 0.6) is 0 Å². The van der Waals surface area contributed by atoms with Crippen LogP contribution >= 0.6 is 11.6 Å². The SMILES string of the molecule is Cc1ccc(S(=O)(=O)N2CCCCC2CN2CCCCC2CN2CCCCC2CCl)cc1. The van der Waals surface area contributed by atoms with Crippen molar-refractivity contribution in [3.8, 4) is 0 Å². The number of hydrogen-bond donors (Lipinski definition) is 0. The number of benzene rings is 1. The average Bonchev–Trinajstić information content (AvgIpc) is 2.81. The van der Waals surface area contributed by atoms with Crippen LogP contribution in [0.3, 0.4) is 0 Å². The van der Waals surface area contributed by atoms with Crippen molar-refractivity contribution >= 4 is 21.6 Å². The number of hydrogen-bond acceptors (Lipinski definition) is 4. The number of alkyl halides is 1. The molecule has 3 fully saturated rings. The summed E-state index contributed by atoms with van der Waals surface area (Å²) in [6.45, 7) is 6.80. The summed E-state index contributed by atoms with van der Waals surface area (Å²) in [5.74, 6) is 0.720. The number of nitrogens with zero attached hydrogens (tertiary/aromatic N) is 3. The lowest BCUT2D eigenvalue weighted by atomic mass is 9.96. The zero-order chi connectivity index (χ0) is 22.6. The van der Waals surface area contributed by atoms with Crippen molar-refractivity contribution in [2.75, 3.05) is 38.6 Å². The minimum atomic E-state index is -3.46. The first kappa shape index (κ1) is 24.5. The van der Waals surface area contributed by atoms with Crippen LogP contribution < -0.4 is 0 Å². The van der Waals surface area contributed by atoms with Gasteiger partial charge in [-0.1, -0.05) is 37.0 Å². The molecule has 0 bridgehead atoms. The van der Waals surface area contributed by atoms with Crippen LogP contribution in [-0.4, -0.2) is 79.3 Å². The van der Waals surface area contributed by atoms with Crippen LogP contribution in [0.4, 0.5) is 0 Å². The molecule has 0 N–H and O–H groups in total. The molecule has 4 rings (SSSR count). The van der Waals surface area contributed by atoms with Gasteiger partial charge in [-0.25, -0.2) is 8.42 Å². The van der Waals surface area contributed by atoms with Gasteiger partial charge in [-0.05, 0) is 70.7 Å². The molecule has 32 heavy (non-hydrogen) atoms. The maximum Gasteiger partial charge on any atom is 0.243 e. The molecule has 7 heteroatoms. The number of piperidine rings is 3. The van der Waals surface area contributed by atoms with E-state index in [0.29, 0.717) is 23.5 Å². The van der Waals surface area contributed by atoms with Crippen LogP contribution in [0, 0.1) is 6.92 Å². The lowest BCUT2D eigenvalue weighted by molar-refractivity contribution is 0.0557. The van der Waals surface area contributed by atoms with E-state index < -0.39 is 10.0 Å². The van der Waals surface area contributed by atoms with Gasteiger partial charge >= 0.3 is 0 Å². The number of rotatable bonds is 7. The van der Waals surface area contributed by atoms with Gasteiger partial charge < -0.3 is 0 Å². The average molecular weight is 482 g/mol. The third kappa shape index (κ3) is 5.69. The molecule has 3 aliphatic heterocycles. The zero-order valence-electron chi connectivity index (χ0n) is 19.6. The largest absolute Gasteiger partial charge is 0.298 e. The smallest absolute Gasteiger partial charge is 0.243 e. The molecule has 5 nitrogen and oxygen atoms in total. The van der Waals surface area contributed by atoms with E-state index in [9.17, 15) is 8.42 Å². The van der Waals surface area contributed by atoms with Crippen LogP contribution in [0.1, 0.15) is 63.4 Å². The Morgan fingerprint density at radius 2 is 1.31 bits per heavy atom. The minimum absolute atomic E-state index is 0.0702. The Balaban J connectivity index is 1.47. The van der Waals surface area contributed by atoms with E-state index in [2.05, 4.69) is 9.80 Å². The molecular weight excluding hydrogens is 442 g/mol. The van der Waals surface area contributed by atoms with Crippen molar-refractivity contribution in [1.82, 2.24) is 14.1 Å². The minimum Gasteiger partial charge on any atom is -0.298 e. The van der Waals surface area contributed by atoms with Crippen molar-refractivity contribution in [1.29, 1.82) is 0 Å². The topological polar surface area (TPSA) is 43.9 Å². The highest BCUT2D eigenvalue weighted by atomic mass is 35.5. The van der Waals surface area contributed by atoms with E-state index in [0.717, 1.165) is 56.9 Å². The molecule has 1 aromatic rings. The first-order valence-corrected chi connectivity index (χ1v) is 14.6. The fourth-order valence-corrected chi connectivity index (χ4v) is 7.88. The Hall–Kier alpha value is -0.660. The Labute approximate surface area is 200 Å². The standard InChI is InChI=1S/C25H40ClN3O2S/c1-21-11-13-25(14-12-21)32(30,31)29-17-7-4-10-24(29)20-28-16-6-3-9-23(28)19-27-15-5-2-8-22(27)18-26/h11-14,22-24H,2-10,15-20H2,1H3. The third-order valence-electron chi connectivity index (χ3n) is 7.77. The van der Waals surface area contributed by atoms with E-state index in [1.54, 1.807) is 12.1 Å². The molecule has 180 valence electrons. The van der Waals surface area contributed by atoms with Gasteiger partial charge in [0.2, 0.25) is 10.0 Å². The first-order chi connectivity index (χ1) is 15.5. The molecule has 1 aromatic carbocycles. The van der Waals surface area contributed by atoms with E-state index in [1.165, 1.54) is 38.5 Å². The highest BCUT2D eigenvalue weighted by Gasteiger charge is 2.37. The van der Waals surface area contributed by atoms with Crippen LogP contribution in [0.25, 0.3) is 0 Å². The molecule has 3 unspecified atom stereocenters. The molecule has 0 saturated carbocycles. The second kappa shape index (κ2) is 11.2. The molecule has 3 saturated heterocycles. The van der Waals surface area contributed by atoms with E-state index in [-0.39, 0.29) is 6.04 Å². The van der Waals surface area contributed by atoms with E-state index >= 15 is 0 Å². The van der Waals surface area contributed by atoms with Crippen LogP contribution in [0.2, 0.25) is 0 Å². The number of aryl methyl sites for hydroxylation is 1. The van der Waals surface area contributed by atoms with Gasteiger partial charge in [0.25, 0.3) is 0 Å². The second-order valence-electron chi connectivity index (χ2n) is 10.0. The molecule has 0 aliphatic carbocycles. The third-order valence-corrected chi connectivity index (χ3v) is 10.1. The first-order valence-electron chi connectivity index (χ1n) is 12.6. The van der Waals surface area contributed by atoms with E-state index in [4.69, 9.17) is 11.6 Å². The Bertz CT molecular complexity index is 832. The number of halogens is 1. The maximum atomic E-state index is 13.5. The summed E-state index contributed by atoms with van der Waals surface area (Å²) < 4.78 is 28.8. The fourth-order valence-electron chi connectivity index (χ4n) is 5.84. The lowest BCUT2D eigenvalue weighted by Gasteiger charge is -2.45. The van der Waals surface area contributed by atoms with E-state index in [1.807, 2.05) is 23.4 Å². The van der Waals surface area contributed by atoms with Crippen molar-refractivity contribution in [2.24, 2.45) is 0 Å². The highest BCUT2D eigenvalue weighted by Crippen LogP contribution is 2.29. The Kier molecular flexibility index (Phi) is 8.54. The summed E-state index contributed by atoms with van der Waals surface area (Å²) in [5, 5.41) is 0. The van der Waals surface area contributed by atoms with Crippen molar-refractivity contribution < 1.29 is 8.42 Å². The Morgan fingerprint density at radius 1 is 0.781 bits per heavy atom. The van der Waals surface area contributed by atoms with Gasteiger partial charge in [0.05, 0.1) is 4.90 Å². The normalized spacial score (nSPS) is 29.2. The van der Waals surface area contributed by atoms with Gasteiger partial charge in [-0.2, -0.15) is 4.31 Å². The Morgan fingerprint density at radius 3 is 1.97 bits per heavy atom. The quantitative estimate of drug-likeness (QED) is 0.538. The van der Waals surface area contributed by atoms with Gasteiger partial charge in [0, 0.05) is 43.6 Å². The van der Waals surface area contributed by atoms with Crippen LogP contribution in [-0.2, 0) is 10.0 Å². The molecule has 3 heterocycles. The molecule has 0 radical (unpaired) electrons. The fraction of sp³-hybridized carbons (Fsp3) is 0.760. The lowest BCUT2D eigenvalue weighted by Crippen LogP contribution is -2.56. The van der Waals surface area contributed by atoms with Crippen LogP contribution in [0.15, 0.2) is 29.2 Å². The van der Waals surface area contributed by atoms with Gasteiger partial charge in [0.15, 0.2) is 0 Å². The second-order valence-corrected chi connectivity index (χ2v) is 12.2. The summed E-state index contributed by atoms with van der Waals surface area (Å²) in [5.41, 5.74) is 1.09. The van der Waals surface area contributed by atoms with Crippen molar-refractivity contribution in [2.45, 2.75) is 87.7 Å². The molecule has 0 spiro atoms. The monoisotopic (exact) mass is 481 g/mol. The van der Waals surface area contributed by atoms with Crippen molar-refractivity contribution in [3.05, 3.63) is 29.8 Å². The molecule has 0 amide bonds. The van der Waals surface area contributed by atoms with Gasteiger partial charge in [-0.15, -0.1) is 11.6 Å². The molecule has 3 aliphatic rings. The molecule has 0 aromatic heterocycles. The predicted octanol–water partition coefficient (Wildman–Crippen LogP) is 4.49. The molecule has 3 atom stereocenters. The summed E-state index contributed by atoms with van der Waals surface area (Å²) in [4.78, 5) is 5.65. The maximum absolute atomic E-state index is 13.5. The zero-order valence-corrected chi connectivity index (χ0v) is 21.2. The predicted molar refractivity (Wildman–Crippen MR) is 132 cm³/mol. The highest BCUT2D eigenvalue weighted by molar-refractivity contribution is 7.89. The summed E-state index contributed by atoms with van der Waals surface area (Å²) >= 11 is 6.29. The number of sulfonamides is 1. The molecular formula is C25H40ClN3O2S. The summed E-state index contributed by atoms with van der Waals surface area (Å²) in [7, 11) is -3.46. The number of likely N-dealkylation sites (tertiary alicyclic amines) is 2. The summed E-state index contributed by atoms with van der Waals surface area (Å²) in [6, 6.07) is 8.42. The van der Waals surface area contributed by atoms with Gasteiger partial charge in [0.1, 0.15) is 0 Å². The summed E-state index contributed by atoms with van der Waals surface area (Å²) in [6.07, 6.45) is 10.5. The van der Waals surface area contributed by atoms with Gasteiger partial charge in [-0.3, -0.25) is 9.80 Å².